The molecule has 1 aliphatic heterocycles. The third kappa shape index (κ3) is 3.57. The first-order chi connectivity index (χ1) is 13.0. The van der Waals surface area contributed by atoms with E-state index >= 15 is 0 Å². The van der Waals surface area contributed by atoms with Crippen LogP contribution in [0.15, 0.2) is 69.2 Å². The summed E-state index contributed by atoms with van der Waals surface area (Å²) in [4.78, 5) is 24.7. The fourth-order valence-corrected chi connectivity index (χ4v) is 2.91. The maximum Gasteiger partial charge on any atom is 0.343 e. The van der Waals surface area contributed by atoms with Crippen molar-refractivity contribution in [1.29, 1.82) is 0 Å². The zero-order chi connectivity index (χ0) is 19.0. The summed E-state index contributed by atoms with van der Waals surface area (Å²) in [6.45, 7) is 1.82. The average Bonchev–Trinajstić information content (AvgIpc) is 3.19. The van der Waals surface area contributed by atoms with Gasteiger partial charge < -0.3 is 13.9 Å². The van der Waals surface area contributed by atoms with Crippen molar-refractivity contribution in [2.45, 2.75) is 6.92 Å². The zero-order valence-electron chi connectivity index (χ0n) is 14.2. The molecule has 0 aliphatic carbocycles. The van der Waals surface area contributed by atoms with Gasteiger partial charge in [0, 0.05) is 16.6 Å². The summed E-state index contributed by atoms with van der Waals surface area (Å²) >= 11 is 3.32. The number of ether oxygens (including phenoxy) is 2. The Hall–Kier alpha value is -3.12. The van der Waals surface area contributed by atoms with Crippen molar-refractivity contribution in [3.8, 4) is 11.5 Å². The summed E-state index contributed by atoms with van der Waals surface area (Å²) in [5, 5.41) is 0. The Morgan fingerprint density at radius 3 is 2.56 bits per heavy atom. The monoisotopic (exact) mass is 424 g/mol. The van der Waals surface area contributed by atoms with Gasteiger partial charge in [-0.05, 0) is 55.5 Å². The van der Waals surface area contributed by atoms with Gasteiger partial charge in [0.1, 0.15) is 23.0 Å². The highest BCUT2D eigenvalue weighted by molar-refractivity contribution is 9.10. The number of Topliss-reactive ketones (excluding diaryl/α,β-unsaturated/α-hetero) is 1. The third-order valence-corrected chi connectivity index (χ3v) is 4.50. The molecule has 0 fully saturated rings. The molecule has 0 spiro atoms. The SMILES string of the molecule is Cc1ccc(/C=C2\Oc3cc(OC(=O)c4ccc(Br)cc4)ccc3C2=O)o1. The Morgan fingerprint density at radius 1 is 1.07 bits per heavy atom. The Bertz CT molecular complexity index is 1080. The number of esters is 1. The predicted molar refractivity (Wildman–Crippen MR) is 102 cm³/mol. The number of rotatable bonds is 3. The van der Waals surface area contributed by atoms with Crippen molar-refractivity contribution < 1.29 is 23.5 Å². The van der Waals surface area contributed by atoms with E-state index in [1.54, 1.807) is 54.6 Å². The number of halogens is 1. The number of ketones is 1. The van der Waals surface area contributed by atoms with E-state index in [0.717, 1.165) is 10.2 Å². The minimum atomic E-state index is -0.492. The molecule has 3 aromatic rings. The second-order valence-corrected chi connectivity index (χ2v) is 6.86. The maximum atomic E-state index is 12.4. The van der Waals surface area contributed by atoms with Gasteiger partial charge in [-0.3, -0.25) is 4.79 Å². The van der Waals surface area contributed by atoms with Crippen LogP contribution in [0.5, 0.6) is 11.5 Å². The van der Waals surface area contributed by atoms with Crippen molar-refractivity contribution in [2.75, 3.05) is 0 Å². The molecule has 0 saturated carbocycles. The molecular weight excluding hydrogens is 412 g/mol. The lowest BCUT2D eigenvalue weighted by Gasteiger charge is -2.05. The number of carbonyl (C=O) groups excluding carboxylic acids is 2. The van der Waals surface area contributed by atoms with Crippen LogP contribution in [0.25, 0.3) is 6.08 Å². The lowest BCUT2D eigenvalue weighted by atomic mass is 10.1. The van der Waals surface area contributed by atoms with Gasteiger partial charge in [0.2, 0.25) is 5.78 Å². The topological polar surface area (TPSA) is 65.7 Å². The number of furan rings is 1. The molecule has 6 heteroatoms. The van der Waals surface area contributed by atoms with Crippen LogP contribution in [-0.4, -0.2) is 11.8 Å². The molecule has 134 valence electrons. The van der Waals surface area contributed by atoms with Crippen molar-refractivity contribution in [1.82, 2.24) is 0 Å². The first-order valence-corrected chi connectivity index (χ1v) is 8.91. The van der Waals surface area contributed by atoms with E-state index in [0.29, 0.717) is 28.4 Å². The summed E-state index contributed by atoms with van der Waals surface area (Å²) in [5.41, 5.74) is 0.831. The molecular formula is C21H13BrO5. The fourth-order valence-electron chi connectivity index (χ4n) is 2.64. The van der Waals surface area contributed by atoms with Crippen LogP contribution < -0.4 is 9.47 Å². The van der Waals surface area contributed by atoms with Gasteiger partial charge in [-0.25, -0.2) is 4.79 Å². The Kier molecular flexibility index (Phi) is 4.41. The van der Waals surface area contributed by atoms with Gasteiger partial charge in [-0.1, -0.05) is 15.9 Å². The van der Waals surface area contributed by atoms with Crippen LogP contribution in [0.2, 0.25) is 0 Å². The van der Waals surface area contributed by atoms with Crippen molar-refractivity contribution >= 4 is 33.8 Å². The van der Waals surface area contributed by atoms with Crippen LogP contribution in [0, 0.1) is 6.92 Å². The first kappa shape index (κ1) is 17.3. The number of fused-ring (bicyclic) bond motifs is 1. The Balaban J connectivity index is 1.54. The highest BCUT2D eigenvalue weighted by Crippen LogP contribution is 2.35. The number of allylic oxidation sites excluding steroid dienone is 1. The van der Waals surface area contributed by atoms with Crippen LogP contribution in [0.4, 0.5) is 0 Å². The van der Waals surface area contributed by atoms with Crippen LogP contribution in [-0.2, 0) is 0 Å². The fraction of sp³-hybridized carbons (Fsp3) is 0.0476. The van der Waals surface area contributed by atoms with E-state index in [4.69, 9.17) is 13.9 Å². The van der Waals surface area contributed by atoms with Gasteiger partial charge in [0.15, 0.2) is 5.76 Å². The van der Waals surface area contributed by atoms with E-state index in [1.807, 2.05) is 6.92 Å². The zero-order valence-corrected chi connectivity index (χ0v) is 15.8. The predicted octanol–water partition coefficient (Wildman–Crippen LogP) is 5.19. The van der Waals surface area contributed by atoms with Crippen LogP contribution >= 0.6 is 15.9 Å². The van der Waals surface area contributed by atoms with Gasteiger partial charge in [-0.15, -0.1) is 0 Å². The molecule has 27 heavy (non-hydrogen) atoms. The summed E-state index contributed by atoms with van der Waals surface area (Å²) in [5.74, 6) is 1.34. The van der Waals surface area contributed by atoms with Gasteiger partial charge in [0.25, 0.3) is 0 Å². The summed E-state index contributed by atoms with van der Waals surface area (Å²) in [6, 6.07) is 15.1. The summed E-state index contributed by atoms with van der Waals surface area (Å²) in [7, 11) is 0. The second kappa shape index (κ2) is 6.89. The molecule has 0 amide bonds. The van der Waals surface area contributed by atoms with E-state index < -0.39 is 5.97 Å². The van der Waals surface area contributed by atoms with Gasteiger partial charge in [0.05, 0.1) is 11.1 Å². The molecule has 4 rings (SSSR count). The number of carbonyl (C=O) groups is 2. The summed E-state index contributed by atoms with van der Waals surface area (Å²) in [6.07, 6.45) is 1.54. The lowest BCUT2D eigenvalue weighted by molar-refractivity contribution is 0.0734. The standard InChI is InChI=1S/C21H13BrO5/c1-12-2-7-15(25-12)11-19-20(23)17-9-8-16(10-18(17)27-19)26-21(24)13-3-5-14(22)6-4-13/h2-11H,1H3/b19-11-. The molecule has 5 nitrogen and oxygen atoms in total. The molecule has 1 aromatic heterocycles. The van der Waals surface area contributed by atoms with Crippen molar-refractivity contribution in [3.63, 3.8) is 0 Å². The maximum absolute atomic E-state index is 12.4. The number of hydrogen-bond donors (Lipinski definition) is 0. The lowest BCUT2D eigenvalue weighted by Crippen LogP contribution is -2.08. The third-order valence-electron chi connectivity index (χ3n) is 3.97. The normalized spacial score (nSPS) is 14.1. The minimum Gasteiger partial charge on any atom is -0.462 e. The largest absolute Gasteiger partial charge is 0.462 e. The molecule has 0 atom stereocenters. The second-order valence-electron chi connectivity index (χ2n) is 5.94. The summed E-state index contributed by atoms with van der Waals surface area (Å²) < 4.78 is 17.3. The van der Waals surface area contributed by atoms with Crippen molar-refractivity contribution in [3.05, 3.63) is 87.5 Å². The first-order valence-electron chi connectivity index (χ1n) is 8.12. The molecule has 0 saturated heterocycles. The molecule has 2 heterocycles. The van der Waals surface area contributed by atoms with E-state index in [2.05, 4.69) is 15.9 Å². The van der Waals surface area contributed by atoms with E-state index in [1.165, 1.54) is 6.07 Å². The number of benzene rings is 2. The molecule has 0 unspecified atom stereocenters. The number of hydrogen-bond acceptors (Lipinski definition) is 5. The molecule has 1 aliphatic rings. The highest BCUT2D eigenvalue weighted by atomic mass is 79.9. The molecule has 0 radical (unpaired) electrons. The average molecular weight is 425 g/mol. The smallest absolute Gasteiger partial charge is 0.343 e. The minimum absolute atomic E-state index is 0.163. The number of aryl methyl sites for hydroxylation is 1. The highest BCUT2D eigenvalue weighted by Gasteiger charge is 2.28. The van der Waals surface area contributed by atoms with Crippen molar-refractivity contribution in [2.24, 2.45) is 0 Å². The van der Waals surface area contributed by atoms with Crippen LogP contribution in [0.1, 0.15) is 32.2 Å². The Labute approximate surface area is 163 Å². The molecule has 0 bridgehead atoms. The van der Waals surface area contributed by atoms with Gasteiger partial charge >= 0.3 is 5.97 Å². The van der Waals surface area contributed by atoms with Gasteiger partial charge in [-0.2, -0.15) is 0 Å². The van der Waals surface area contributed by atoms with E-state index in [9.17, 15) is 9.59 Å². The van der Waals surface area contributed by atoms with E-state index in [-0.39, 0.29) is 11.5 Å². The Morgan fingerprint density at radius 2 is 1.85 bits per heavy atom. The molecule has 0 N–H and O–H groups in total. The molecule has 2 aromatic carbocycles. The van der Waals surface area contributed by atoms with Crippen LogP contribution in [0.3, 0.4) is 0 Å². The quantitative estimate of drug-likeness (QED) is 0.329.